The fourth-order valence-corrected chi connectivity index (χ4v) is 6.20. The number of aryl methyl sites for hydroxylation is 1. The molecule has 1 aliphatic rings. The van der Waals surface area contributed by atoms with Crippen LogP contribution in [0.25, 0.3) is 0 Å². The molecule has 0 N–H and O–H groups in total. The van der Waals surface area contributed by atoms with Crippen molar-refractivity contribution in [3.63, 3.8) is 0 Å². The Morgan fingerprint density at radius 3 is 1.77 bits per heavy atom. The summed E-state index contributed by atoms with van der Waals surface area (Å²) in [6, 6.07) is 6.72. The number of sulfonamides is 1. The van der Waals surface area contributed by atoms with Gasteiger partial charge in [0.1, 0.15) is 0 Å². The monoisotopic (exact) mass is 403 g/mol. The number of benzene rings is 1. The average Bonchev–Trinajstić information content (AvgIpc) is 2.62. The minimum Gasteiger partial charge on any atom is -0.207 e. The molecule has 1 aromatic carbocycles. The number of nitrogens with zero attached hydrogens (tertiary/aromatic N) is 3. The lowest BCUT2D eigenvalue weighted by atomic mass is 10.2. The van der Waals surface area contributed by atoms with Crippen molar-refractivity contribution in [2.75, 3.05) is 39.3 Å². The maximum absolute atomic E-state index is 12.8. The molecule has 1 aliphatic heterocycles. The lowest BCUT2D eigenvalue weighted by Gasteiger charge is -2.36. The van der Waals surface area contributed by atoms with Gasteiger partial charge < -0.3 is 0 Å². The Hall–Kier alpha value is -1.00. The number of piperazine rings is 1. The van der Waals surface area contributed by atoms with Gasteiger partial charge in [0.15, 0.2) is 0 Å². The summed E-state index contributed by atoms with van der Waals surface area (Å²) >= 11 is 0. The first-order valence-electron chi connectivity index (χ1n) is 9.05. The lowest BCUT2D eigenvalue weighted by Crippen LogP contribution is -2.54. The van der Waals surface area contributed by atoms with Gasteiger partial charge in [-0.25, -0.2) is 8.42 Å². The van der Waals surface area contributed by atoms with Crippen molar-refractivity contribution in [2.24, 2.45) is 0 Å². The van der Waals surface area contributed by atoms with Gasteiger partial charge in [0.25, 0.3) is 10.2 Å². The van der Waals surface area contributed by atoms with Crippen molar-refractivity contribution in [3.05, 3.63) is 29.8 Å². The van der Waals surface area contributed by atoms with Crippen molar-refractivity contribution < 1.29 is 16.8 Å². The van der Waals surface area contributed by atoms with E-state index in [4.69, 9.17) is 0 Å². The van der Waals surface area contributed by atoms with E-state index in [9.17, 15) is 16.8 Å². The fraction of sp³-hybridized carbons (Fsp3) is 0.647. The SMILES string of the molecule is CCCN(CCC)S(=O)(=O)N1CCN(S(=O)(=O)c2ccc(C)cc2)CC1. The van der Waals surface area contributed by atoms with Crippen LogP contribution in [-0.2, 0) is 20.2 Å². The first-order chi connectivity index (χ1) is 12.2. The summed E-state index contributed by atoms with van der Waals surface area (Å²) in [6.45, 7) is 7.46. The predicted octanol–water partition coefficient (Wildman–Crippen LogP) is 1.67. The Kier molecular flexibility index (Phi) is 7.20. The van der Waals surface area contributed by atoms with E-state index in [1.165, 1.54) is 12.9 Å². The topological polar surface area (TPSA) is 78.0 Å². The maximum atomic E-state index is 12.8. The zero-order valence-corrected chi connectivity index (χ0v) is 17.4. The maximum Gasteiger partial charge on any atom is 0.282 e. The molecule has 26 heavy (non-hydrogen) atoms. The summed E-state index contributed by atoms with van der Waals surface area (Å²) in [5.74, 6) is 0. The van der Waals surface area contributed by atoms with Crippen LogP contribution in [0, 0.1) is 6.92 Å². The van der Waals surface area contributed by atoms with E-state index < -0.39 is 20.2 Å². The summed E-state index contributed by atoms with van der Waals surface area (Å²) in [7, 11) is -7.13. The molecule has 1 heterocycles. The van der Waals surface area contributed by atoms with E-state index in [2.05, 4.69) is 0 Å². The summed E-state index contributed by atoms with van der Waals surface area (Å²) in [5, 5.41) is 0. The van der Waals surface area contributed by atoms with Crippen molar-refractivity contribution in [3.8, 4) is 0 Å². The van der Waals surface area contributed by atoms with Gasteiger partial charge in [0, 0.05) is 39.3 Å². The van der Waals surface area contributed by atoms with Gasteiger partial charge in [0.05, 0.1) is 4.90 Å². The van der Waals surface area contributed by atoms with E-state index >= 15 is 0 Å². The van der Waals surface area contributed by atoms with Gasteiger partial charge in [-0.15, -0.1) is 0 Å². The molecular weight excluding hydrogens is 374 g/mol. The van der Waals surface area contributed by atoms with Crippen LogP contribution >= 0.6 is 0 Å². The zero-order chi connectivity index (χ0) is 19.4. The minimum atomic E-state index is -3.59. The molecule has 0 spiro atoms. The summed E-state index contributed by atoms with van der Waals surface area (Å²) in [4.78, 5) is 0.248. The lowest BCUT2D eigenvalue weighted by molar-refractivity contribution is 0.253. The van der Waals surface area contributed by atoms with Crippen molar-refractivity contribution >= 4 is 20.2 Å². The molecule has 1 saturated heterocycles. The molecule has 0 amide bonds. The second-order valence-electron chi connectivity index (χ2n) is 6.52. The molecule has 0 bridgehead atoms. The summed E-state index contributed by atoms with van der Waals surface area (Å²) in [6.07, 6.45) is 1.50. The highest BCUT2D eigenvalue weighted by Gasteiger charge is 2.35. The van der Waals surface area contributed by atoms with Crippen molar-refractivity contribution in [1.29, 1.82) is 0 Å². The van der Waals surface area contributed by atoms with Crippen LogP contribution < -0.4 is 0 Å². The number of hydrogen-bond donors (Lipinski definition) is 0. The Morgan fingerprint density at radius 2 is 1.31 bits per heavy atom. The molecule has 0 aromatic heterocycles. The van der Waals surface area contributed by atoms with Crippen LogP contribution in [-0.4, -0.2) is 69.0 Å². The first-order valence-corrected chi connectivity index (χ1v) is 11.9. The predicted molar refractivity (Wildman–Crippen MR) is 103 cm³/mol. The van der Waals surface area contributed by atoms with Gasteiger partial charge in [-0.1, -0.05) is 31.5 Å². The third-order valence-corrected chi connectivity index (χ3v) is 8.40. The highest BCUT2D eigenvalue weighted by Crippen LogP contribution is 2.20. The zero-order valence-electron chi connectivity index (χ0n) is 15.8. The van der Waals surface area contributed by atoms with Crippen LogP contribution in [0.15, 0.2) is 29.2 Å². The standard InChI is InChI=1S/C17H29N3O4S2/c1-4-10-19(11-5-2)26(23,24)20-14-12-18(13-15-20)25(21,22)17-8-6-16(3)7-9-17/h6-9H,4-5,10-15H2,1-3H3. The second-order valence-corrected chi connectivity index (χ2v) is 10.4. The number of rotatable bonds is 8. The second kappa shape index (κ2) is 8.79. The van der Waals surface area contributed by atoms with E-state index in [0.717, 1.165) is 18.4 Å². The third-order valence-electron chi connectivity index (χ3n) is 4.45. The smallest absolute Gasteiger partial charge is 0.207 e. The van der Waals surface area contributed by atoms with E-state index in [0.29, 0.717) is 13.1 Å². The van der Waals surface area contributed by atoms with Crippen LogP contribution in [0.4, 0.5) is 0 Å². The van der Waals surface area contributed by atoms with Gasteiger partial charge in [-0.3, -0.25) is 0 Å². The highest BCUT2D eigenvalue weighted by molar-refractivity contribution is 7.89. The largest absolute Gasteiger partial charge is 0.282 e. The Morgan fingerprint density at radius 1 is 0.846 bits per heavy atom. The molecule has 9 heteroatoms. The molecular formula is C17H29N3O4S2. The molecule has 0 atom stereocenters. The van der Waals surface area contributed by atoms with Crippen LogP contribution in [0.3, 0.4) is 0 Å². The average molecular weight is 404 g/mol. The Balaban J connectivity index is 2.09. The molecule has 0 saturated carbocycles. The molecule has 0 aliphatic carbocycles. The van der Waals surface area contributed by atoms with Gasteiger partial charge in [-0.2, -0.15) is 21.3 Å². The molecule has 0 unspecified atom stereocenters. The van der Waals surface area contributed by atoms with Crippen molar-refractivity contribution in [1.82, 2.24) is 12.9 Å². The van der Waals surface area contributed by atoms with E-state index in [1.807, 2.05) is 20.8 Å². The molecule has 148 valence electrons. The van der Waals surface area contributed by atoms with Gasteiger partial charge >= 0.3 is 0 Å². The minimum absolute atomic E-state index is 0.168. The molecule has 0 radical (unpaired) electrons. The Labute approximate surface area is 157 Å². The summed E-state index contributed by atoms with van der Waals surface area (Å²) < 4.78 is 55.4. The first kappa shape index (κ1) is 21.3. The van der Waals surface area contributed by atoms with Crippen LogP contribution in [0.1, 0.15) is 32.3 Å². The normalized spacial score (nSPS) is 17.7. The number of hydrogen-bond acceptors (Lipinski definition) is 4. The molecule has 1 fully saturated rings. The Bertz CT molecular complexity index is 778. The summed E-state index contributed by atoms with van der Waals surface area (Å²) in [5.41, 5.74) is 0.992. The van der Waals surface area contributed by atoms with Crippen molar-refractivity contribution in [2.45, 2.75) is 38.5 Å². The molecule has 7 nitrogen and oxygen atoms in total. The highest BCUT2D eigenvalue weighted by atomic mass is 32.2. The fourth-order valence-electron chi connectivity index (χ4n) is 3.00. The van der Waals surface area contributed by atoms with E-state index in [1.54, 1.807) is 24.3 Å². The molecule has 1 aromatic rings. The third kappa shape index (κ3) is 4.64. The van der Waals surface area contributed by atoms with Gasteiger partial charge in [0.2, 0.25) is 10.0 Å². The van der Waals surface area contributed by atoms with Crippen LogP contribution in [0.2, 0.25) is 0 Å². The van der Waals surface area contributed by atoms with E-state index in [-0.39, 0.29) is 31.1 Å². The molecule has 2 rings (SSSR count). The van der Waals surface area contributed by atoms with Gasteiger partial charge in [-0.05, 0) is 31.9 Å². The van der Waals surface area contributed by atoms with Crippen LogP contribution in [0.5, 0.6) is 0 Å². The quantitative estimate of drug-likeness (QED) is 0.661.